The molecule has 1 aromatic carbocycles. The zero-order valence-electron chi connectivity index (χ0n) is 13.5. The quantitative estimate of drug-likeness (QED) is 0.839. The molecule has 5 heteroatoms. The number of hydrogen-bond acceptors (Lipinski definition) is 4. The fourth-order valence-electron chi connectivity index (χ4n) is 2.99. The number of amides is 1. The van der Waals surface area contributed by atoms with Gasteiger partial charge in [0.15, 0.2) is 0 Å². The minimum absolute atomic E-state index is 0.0475. The highest BCUT2D eigenvalue weighted by Gasteiger charge is 2.17. The third-order valence-corrected chi connectivity index (χ3v) is 4.35. The van der Waals surface area contributed by atoms with Crippen molar-refractivity contribution in [3.8, 4) is 5.75 Å². The van der Waals surface area contributed by atoms with Crippen molar-refractivity contribution in [3.05, 3.63) is 29.8 Å². The van der Waals surface area contributed by atoms with Gasteiger partial charge in [-0.15, -0.1) is 0 Å². The molecule has 0 aromatic heterocycles. The predicted octanol–water partition coefficient (Wildman–Crippen LogP) is 2.54. The van der Waals surface area contributed by atoms with E-state index < -0.39 is 0 Å². The number of benzene rings is 1. The Labute approximate surface area is 137 Å². The highest BCUT2D eigenvalue weighted by atomic mass is 16.5. The molecule has 2 atom stereocenters. The number of carbonyl (C=O) groups excluding carboxylic acids is 1. The Morgan fingerprint density at radius 1 is 1.09 bits per heavy atom. The number of rotatable bonds is 7. The van der Waals surface area contributed by atoms with Gasteiger partial charge in [0.2, 0.25) is 0 Å². The Balaban J connectivity index is 1.39. The molecule has 0 spiro atoms. The van der Waals surface area contributed by atoms with E-state index in [-0.39, 0.29) is 12.0 Å². The third kappa shape index (κ3) is 4.94. The summed E-state index contributed by atoms with van der Waals surface area (Å²) in [7, 11) is 0. The first kappa shape index (κ1) is 16.3. The fourth-order valence-corrected chi connectivity index (χ4v) is 2.99. The molecule has 2 fully saturated rings. The molecule has 2 aliphatic rings. The highest BCUT2D eigenvalue weighted by molar-refractivity contribution is 5.94. The first-order chi connectivity index (χ1) is 11.3. The van der Waals surface area contributed by atoms with Crippen molar-refractivity contribution in [1.29, 1.82) is 0 Å². The summed E-state index contributed by atoms with van der Waals surface area (Å²) < 4.78 is 16.8. The number of nitrogens with one attached hydrogen (secondary N) is 1. The summed E-state index contributed by atoms with van der Waals surface area (Å²) in [5, 5.41) is 2.94. The van der Waals surface area contributed by atoms with Crippen LogP contribution in [0, 0.1) is 0 Å². The van der Waals surface area contributed by atoms with Crippen LogP contribution in [0.4, 0.5) is 0 Å². The van der Waals surface area contributed by atoms with Crippen LogP contribution in [0.1, 0.15) is 42.5 Å². The van der Waals surface area contributed by atoms with Gasteiger partial charge in [0.1, 0.15) is 12.4 Å². The van der Waals surface area contributed by atoms with Crippen LogP contribution < -0.4 is 10.1 Å². The van der Waals surface area contributed by atoms with Crippen molar-refractivity contribution in [2.75, 3.05) is 26.4 Å². The molecule has 1 amide bonds. The molecule has 0 aliphatic carbocycles. The molecule has 1 N–H and O–H groups in total. The minimum atomic E-state index is -0.0475. The monoisotopic (exact) mass is 319 g/mol. The second kappa shape index (κ2) is 8.31. The van der Waals surface area contributed by atoms with E-state index in [2.05, 4.69) is 5.32 Å². The smallest absolute Gasteiger partial charge is 0.251 e. The maximum Gasteiger partial charge on any atom is 0.251 e. The van der Waals surface area contributed by atoms with Crippen LogP contribution >= 0.6 is 0 Å². The average Bonchev–Trinajstić information content (AvgIpc) is 3.27. The summed E-state index contributed by atoms with van der Waals surface area (Å²) in [5.74, 6) is 0.727. The Kier molecular flexibility index (Phi) is 5.88. The van der Waals surface area contributed by atoms with E-state index in [1.807, 2.05) is 12.1 Å². The fraction of sp³-hybridized carbons (Fsp3) is 0.611. The molecule has 2 aliphatic heterocycles. The normalized spacial score (nSPS) is 23.8. The maximum absolute atomic E-state index is 12.1. The maximum atomic E-state index is 12.1. The van der Waals surface area contributed by atoms with Crippen LogP contribution in [0.25, 0.3) is 0 Å². The summed E-state index contributed by atoms with van der Waals surface area (Å²) in [5.41, 5.74) is 0.654. The summed E-state index contributed by atoms with van der Waals surface area (Å²) >= 11 is 0. The Hall–Kier alpha value is -1.59. The predicted molar refractivity (Wildman–Crippen MR) is 86.8 cm³/mol. The van der Waals surface area contributed by atoms with Gasteiger partial charge in [0.25, 0.3) is 5.91 Å². The lowest BCUT2D eigenvalue weighted by atomic mass is 10.1. The van der Waals surface area contributed by atoms with Gasteiger partial charge in [0, 0.05) is 25.3 Å². The zero-order chi connectivity index (χ0) is 15.9. The van der Waals surface area contributed by atoms with Gasteiger partial charge in [0.05, 0.1) is 12.2 Å². The zero-order valence-corrected chi connectivity index (χ0v) is 13.5. The van der Waals surface area contributed by atoms with Gasteiger partial charge in [-0.05, 0) is 56.4 Å². The van der Waals surface area contributed by atoms with Crippen LogP contribution in [-0.2, 0) is 9.47 Å². The van der Waals surface area contributed by atoms with Crippen LogP contribution in [0.15, 0.2) is 24.3 Å². The molecule has 3 rings (SSSR count). The largest absolute Gasteiger partial charge is 0.491 e. The molecular weight excluding hydrogens is 294 g/mol. The van der Waals surface area contributed by atoms with E-state index in [9.17, 15) is 4.79 Å². The minimum Gasteiger partial charge on any atom is -0.491 e. The Bertz CT molecular complexity index is 490. The van der Waals surface area contributed by atoms with Gasteiger partial charge in [-0.25, -0.2) is 0 Å². The summed E-state index contributed by atoms with van der Waals surface area (Å²) in [4.78, 5) is 12.1. The van der Waals surface area contributed by atoms with Gasteiger partial charge >= 0.3 is 0 Å². The van der Waals surface area contributed by atoms with Crippen molar-refractivity contribution >= 4 is 5.91 Å². The van der Waals surface area contributed by atoms with Gasteiger partial charge in [-0.3, -0.25) is 4.79 Å². The second-order valence-electron chi connectivity index (χ2n) is 6.15. The van der Waals surface area contributed by atoms with Crippen LogP contribution in [-0.4, -0.2) is 44.5 Å². The standard InChI is InChI=1S/C18H25NO4/c20-18(19-10-9-15-3-1-11-21-15)14-5-7-16(8-6-14)23-13-17-4-2-12-22-17/h5-8,15,17H,1-4,9-13H2,(H,19,20)/t15-,17-/m0/s1. The summed E-state index contributed by atoms with van der Waals surface area (Å²) in [6.45, 7) is 2.92. The first-order valence-corrected chi connectivity index (χ1v) is 8.55. The van der Waals surface area contributed by atoms with Crippen LogP contribution in [0.5, 0.6) is 5.75 Å². The van der Waals surface area contributed by atoms with E-state index in [1.54, 1.807) is 12.1 Å². The molecule has 126 valence electrons. The lowest BCUT2D eigenvalue weighted by Gasteiger charge is -2.12. The number of ether oxygens (including phenoxy) is 3. The Morgan fingerprint density at radius 2 is 1.78 bits per heavy atom. The topological polar surface area (TPSA) is 56.8 Å². The number of hydrogen-bond donors (Lipinski definition) is 1. The summed E-state index contributed by atoms with van der Waals surface area (Å²) in [6, 6.07) is 7.27. The van der Waals surface area contributed by atoms with Crippen molar-refractivity contribution in [3.63, 3.8) is 0 Å². The summed E-state index contributed by atoms with van der Waals surface area (Å²) in [6.07, 6.45) is 5.80. The molecule has 0 saturated carbocycles. The second-order valence-corrected chi connectivity index (χ2v) is 6.15. The molecular formula is C18H25NO4. The van der Waals surface area contributed by atoms with Crippen molar-refractivity contribution < 1.29 is 19.0 Å². The van der Waals surface area contributed by atoms with Gasteiger partial charge in [-0.2, -0.15) is 0 Å². The van der Waals surface area contributed by atoms with Crippen molar-refractivity contribution in [2.24, 2.45) is 0 Å². The average molecular weight is 319 g/mol. The first-order valence-electron chi connectivity index (χ1n) is 8.55. The molecule has 0 bridgehead atoms. The van der Waals surface area contributed by atoms with Crippen molar-refractivity contribution in [1.82, 2.24) is 5.32 Å². The van der Waals surface area contributed by atoms with E-state index >= 15 is 0 Å². The lowest BCUT2D eigenvalue weighted by Crippen LogP contribution is -2.27. The molecule has 0 radical (unpaired) electrons. The van der Waals surface area contributed by atoms with Crippen LogP contribution in [0.3, 0.4) is 0 Å². The van der Waals surface area contributed by atoms with Gasteiger partial charge in [-0.1, -0.05) is 0 Å². The van der Waals surface area contributed by atoms with Gasteiger partial charge < -0.3 is 19.5 Å². The number of carbonyl (C=O) groups is 1. The Morgan fingerprint density at radius 3 is 2.43 bits per heavy atom. The molecule has 2 saturated heterocycles. The van der Waals surface area contributed by atoms with Crippen LogP contribution in [0.2, 0.25) is 0 Å². The van der Waals surface area contributed by atoms with E-state index in [0.717, 1.165) is 51.1 Å². The molecule has 23 heavy (non-hydrogen) atoms. The molecule has 0 unspecified atom stereocenters. The van der Waals surface area contributed by atoms with Crippen molar-refractivity contribution in [2.45, 2.75) is 44.3 Å². The SMILES string of the molecule is O=C(NCC[C@@H]1CCCO1)c1ccc(OC[C@@H]2CCCO2)cc1. The van der Waals surface area contributed by atoms with E-state index in [0.29, 0.717) is 24.8 Å². The lowest BCUT2D eigenvalue weighted by molar-refractivity contribution is 0.0679. The van der Waals surface area contributed by atoms with E-state index in [4.69, 9.17) is 14.2 Å². The van der Waals surface area contributed by atoms with E-state index in [1.165, 1.54) is 0 Å². The third-order valence-electron chi connectivity index (χ3n) is 4.35. The molecule has 1 aromatic rings. The molecule has 2 heterocycles. The highest BCUT2D eigenvalue weighted by Crippen LogP contribution is 2.17. The molecule has 5 nitrogen and oxygen atoms in total.